The molecule has 20 heavy (non-hydrogen) atoms. The number of sulfonamides is 1. The molecule has 0 fully saturated rings. The van der Waals surface area contributed by atoms with E-state index in [9.17, 15) is 8.42 Å². The topological polar surface area (TPSA) is 96.6 Å². The minimum atomic E-state index is -3.39. The van der Waals surface area contributed by atoms with Crippen LogP contribution in [0.3, 0.4) is 0 Å². The van der Waals surface area contributed by atoms with Crippen molar-refractivity contribution in [1.82, 2.24) is 10.0 Å². The Bertz CT molecular complexity index is 501. The lowest BCUT2D eigenvalue weighted by Gasteiger charge is -2.07. The van der Waals surface area contributed by atoms with Gasteiger partial charge in [-0.25, -0.2) is 13.1 Å². The highest BCUT2D eigenvalue weighted by atomic mass is 127. The van der Waals surface area contributed by atoms with Gasteiger partial charge >= 0.3 is 0 Å². The maximum atomic E-state index is 11.8. The van der Waals surface area contributed by atoms with Gasteiger partial charge in [-0.05, 0) is 17.4 Å². The first-order valence-corrected chi connectivity index (χ1v) is 8.35. The van der Waals surface area contributed by atoms with Crippen LogP contribution in [0.1, 0.15) is 13.8 Å². The summed E-state index contributed by atoms with van der Waals surface area (Å²) in [6.07, 6.45) is 0. The number of rotatable bonds is 7. The molecule has 6 nitrogen and oxygen atoms in total. The SMILES string of the molecule is CC(C)CN=C(N)NCCNS(=O)(=O)c1cccs1.I. The predicted molar refractivity (Wildman–Crippen MR) is 94.3 cm³/mol. The van der Waals surface area contributed by atoms with E-state index in [1.165, 1.54) is 11.3 Å². The van der Waals surface area contributed by atoms with Crippen LogP contribution in [0.15, 0.2) is 26.7 Å². The molecule has 116 valence electrons. The largest absolute Gasteiger partial charge is 0.370 e. The van der Waals surface area contributed by atoms with Crippen LogP contribution in [-0.2, 0) is 10.0 Å². The second-order valence-electron chi connectivity index (χ2n) is 4.38. The molecule has 0 atom stereocenters. The second-order valence-corrected chi connectivity index (χ2v) is 7.32. The molecule has 0 saturated heterocycles. The quantitative estimate of drug-likeness (QED) is 0.261. The van der Waals surface area contributed by atoms with E-state index in [-0.39, 0.29) is 30.5 Å². The van der Waals surface area contributed by atoms with Gasteiger partial charge in [0.1, 0.15) is 4.21 Å². The van der Waals surface area contributed by atoms with Crippen LogP contribution >= 0.6 is 35.3 Å². The standard InChI is InChI=1S/C11H20N4O2S2.HI/c1-9(2)8-14-11(12)13-5-6-15-19(16,17)10-4-3-7-18-10;/h3-4,7,9,15H,5-6,8H2,1-2H3,(H3,12,13,14);1H. The summed E-state index contributed by atoms with van der Waals surface area (Å²) >= 11 is 1.19. The van der Waals surface area contributed by atoms with Crippen molar-refractivity contribution in [2.45, 2.75) is 18.1 Å². The Balaban J connectivity index is 0.00000361. The summed E-state index contributed by atoms with van der Waals surface area (Å²) in [5.74, 6) is 0.779. The highest BCUT2D eigenvalue weighted by Gasteiger charge is 2.13. The number of hydrogen-bond acceptors (Lipinski definition) is 4. The monoisotopic (exact) mass is 432 g/mol. The van der Waals surface area contributed by atoms with E-state index in [0.29, 0.717) is 29.2 Å². The number of nitrogens with zero attached hydrogens (tertiary/aromatic N) is 1. The Hall–Kier alpha value is -0.390. The van der Waals surface area contributed by atoms with E-state index in [1.54, 1.807) is 17.5 Å². The molecule has 0 bridgehead atoms. The van der Waals surface area contributed by atoms with Gasteiger partial charge in [0.2, 0.25) is 10.0 Å². The summed E-state index contributed by atoms with van der Waals surface area (Å²) in [5, 5.41) is 4.59. The average molecular weight is 432 g/mol. The fourth-order valence-corrected chi connectivity index (χ4v) is 3.27. The van der Waals surface area contributed by atoms with Gasteiger partial charge < -0.3 is 11.1 Å². The number of nitrogens with two attached hydrogens (primary N) is 1. The van der Waals surface area contributed by atoms with E-state index in [2.05, 4.69) is 15.0 Å². The van der Waals surface area contributed by atoms with Crippen LogP contribution in [0.5, 0.6) is 0 Å². The third-order valence-corrected chi connectivity index (χ3v) is 4.97. The molecule has 0 radical (unpaired) electrons. The number of guanidine groups is 1. The number of thiophene rings is 1. The Morgan fingerprint density at radius 2 is 2.15 bits per heavy atom. The van der Waals surface area contributed by atoms with Crippen LogP contribution in [0.25, 0.3) is 0 Å². The van der Waals surface area contributed by atoms with Crippen LogP contribution in [0, 0.1) is 5.92 Å². The van der Waals surface area contributed by atoms with Crippen molar-refractivity contribution in [3.8, 4) is 0 Å². The molecule has 1 heterocycles. The van der Waals surface area contributed by atoms with E-state index < -0.39 is 10.0 Å². The van der Waals surface area contributed by atoms with Gasteiger partial charge in [-0.15, -0.1) is 35.3 Å². The first kappa shape index (κ1) is 19.6. The number of halogens is 1. The highest BCUT2D eigenvalue weighted by molar-refractivity contribution is 14.0. The molecule has 9 heteroatoms. The van der Waals surface area contributed by atoms with Gasteiger partial charge in [0.25, 0.3) is 0 Å². The molecule has 0 aliphatic heterocycles. The van der Waals surface area contributed by atoms with Crippen LogP contribution < -0.4 is 15.8 Å². The van der Waals surface area contributed by atoms with Crippen LogP contribution in [0.2, 0.25) is 0 Å². The van der Waals surface area contributed by atoms with E-state index >= 15 is 0 Å². The van der Waals surface area contributed by atoms with Gasteiger partial charge in [0.15, 0.2) is 5.96 Å². The summed E-state index contributed by atoms with van der Waals surface area (Å²) in [6.45, 7) is 5.41. The molecule has 0 aromatic carbocycles. The third kappa shape index (κ3) is 7.41. The number of hydrogen-bond donors (Lipinski definition) is 3. The fourth-order valence-electron chi connectivity index (χ4n) is 1.20. The maximum Gasteiger partial charge on any atom is 0.250 e. The lowest BCUT2D eigenvalue weighted by atomic mass is 10.2. The molecule has 0 saturated carbocycles. The average Bonchev–Trinajstić information content (AvgIpc) is 2.86. The van der Waals surface area contributed by atoms with Crippen molar-refractivity contribution in [3.63, 3.8) is 0 Å². The van der Waals surface area contributed by atoms with Crippen LogP contribution in [0.4, 0.5) is 0 Å². The lowest BCUT2D eigenvalue weighted by Crippen LogP contribution is -2.38. The molecule has 0 spiro atoms. The van der Waals surface area contributed by atoms with E-state index in [4.69, 9.17) is 5.73 Å². The third-order valence-electron chi connectivity index (χ3n) is 2.11. The summed E-state index contributed by atoms with van der Waals surface area (Å²) in [7, 11) is -3.39. The van der Waals surface area contributed by atoms with Crippen molar-refractivity contribution in [2.75, 3.05) is 19.6 Å². The second kappa shape index (κ2) is 9.53. The predicted octanol–water partition coefficient (Wildman–Crippen LogP) is 1.20. The van der Waals surface area contributed by atoms with Crippen LogP contribution in [-0.4, -0.2) is 34.0 Å². The minimum absolute atomic E-state index is 0. The zero-order chi connectivity index (χ0) is 14.3. The zero-order valence-electron chi connectivity index (χ0n) is 11.5. The lowest BCUT2D eigenvalue weighted by molar-refractivity contribution is 0.583. The fraction of sp³-hybridized carbons (Fsp3) is 0.545. The van der Waals surface area contributed by atoms with Gasteiger partial charge in [-0.2, -0.15) is 0 Å². The molecule has 1 rings (SSSR count). The molecule has 1 aromatic heterocycles. The first-order chi connectivity index (χ1) is 8.92. The van der Waals surface area contributed by atoms with Crippen molar-refractivity contribution in [2.24, 2.45) is 16.6 Å². The summed E-state index contributed by atoms with van der Waals surface area (Å²) in [6, 6.07) is 3.27. The van der Waals surface area contributed by atoms with Crippen molar-refractivity contribution in [1.29, 1.82) is 0 Å². The Morgan fingerprint density at radius 1 is 1.45 bits per heavy atom. The molecular weight excluding hydrogens is 411 g/mol. The van der Waals surface area contributed by atoms with Gasteiger partial charge in [-0.1, -0.05) is 19.9 Å². The van der Waals surface area contributed by atoms with E-state index in [0.717, 1.165) is 0 Å². The van der Waals surface area contributed by atoms with Crippen molar-refractivity contribution >= 4 is 51.3 Å². The molecule has 1 aromatic rings. The molecular formula is C11H21IN4O2S2. The molecule has 4 N–H and O–H groups in total. The normalized spacial score (nSPS) is 12.2. The zero-order valence-corrected chi connectivity index (χ0v) is 15.5. The Kier molecular flexibility index (Phi) is 9.34. The maximum absolute atomic E-state index is 11.8. The number of nitrogens with one attached hydrogen (secondary N) is 2. The molecule has 0 unspecified atom stereocenters. The van der Waals surface area contributed by atoms with Gasteiger partial charge in [-0.3, -0.25) is 4.99 Å². The Labute approximate surface area is 141 Å². The smallest absolute Gasteiger partial charge is 0.250 e. The van der Waals surface area contributed by atoms with E-state index in [1.807, 2.05) is 13.8 Å². The van der Waals surface area contributed by atoms with Gasteiger partial charge in [0, 0.05) is 19.6 Å². The summed E-state index contributed by atoms with van der Waals surface area (Å²) in [5.41, 5.74) is 5.63. The molecule has 0 amide bonds. The minimum Gasteiger partial charge on any atom is -0.370 e. The number of aliphatic imine (C=N–C) groups is 1. The van der Waals surface area contributed by atoms with Gasteiger partial charge in [0.05, 0.1) is 0 Å². The summed E-state index contributed by atoms with van der Waals surface area (Å²) in [4.78, 5) is 4.12. The Morgan fingerprint density at radius 3 is 2.70 bits per heavy atom. The highest BCUT2D eigenvalue weighted by Crippen LogP contribution is 2.14. The van der Waals surface area contributed by atoms with Crippen molar-refractivity contribution in [3.05, 3.63) is 17.5 Å². The molecule has 0 aliphatic rings. The first-order valence-electron chi connectivity index (χ1n) is 5.99. The van der Waals surface area contributed by atoms with Crippen molar-refractivity contribution < 1.29 is 8.42 Å². The molecule has 0 aliphatic carbocycles. The summed E-state index contributed by atoms with van der Waals surface area (Å²) < 4.78 is 26.3.